The number of rotatable bonds is 2. The van der Waals surface area contributed by atoms with Crippen LogP contribution < -0.4 is 4.90 Å². The highest BCUT2D eigenvalue weighted by Crippen LogP contribution is 2.38. The SMILES string of the molecule is O=[N+]([O-])c1cc(Br)ccc1N1CCC(C(F)(F)F)CC1. The number of alkyl halides is 3. The van der Waals surface area contributed by atoms with Gasteiger partial charge in [0.25, 0.3) is 5.69 Å². The summed E-state index contributed by atoms with van der Waals surface area (Å²) in [5, 5.41) is 11.0. The average molecular weight is 353 g/mol. The second kappa shape index (κ2) is 5.59. The lowest BCUT2D eigenvalue weighted by Gasteiger charge is -2.34. The Kier molecular flexibility index (Phi) is 4.22. The summed E-state index contributed by atoms with van der Waals surface area (Å²) < 4.78 is 38.4. The molecule has 0 aliphatic carbocycles. The smallest absolute Gasteiger partial charge is 0.366 e. The molecule has 20 heavy (non-hydrogen) atoms. The van der Waals surface area contributed by atoms with Crippen molar-refractivity contribution in [1.29, 1.82) is 0 Å². The van der Waals surface area contributed by atoms with E-state index in [2.05, 4.69) is 15.9 Å². The Morgan fingerprint density at radius 2 is 1.90 bits per heavy atom. The van der Waals surface area contributed by atoms with Crippen LogP contribution in [0.3, 0.4) is 0 Å². The van der Waals surface area contributed by atoms with Gasteiger partial charge in [0, 0.05) is 23.6 Å². The molecule has 0 saturated carbocycles. The van der Waals surface area contributed by atoms with Gasteiger partial charge in [-0.05, 0) is 25.0 Å². The monoisotopic (exact) mass is 352 g/mol. The molecule has 0 amide bonds. The van der Waals surface area contributed by atoms with E-state index < -0.39 is 17.0 Å². The highest BCUT2D eigenvalue weighted by atomic mass is 79.9. The molecule has 0 aromatic heterocycles. The van der Waals surface area contributed by atoms with Crippen LogP contribution in [-0.4, -0.2) is 24.2 Å². The van der Waals surface area contributed by atoms with E-state index >= 15 is 0 Å². The Balaban J connectivity index is 2.17. The number of nitrogens with zero attached hydrogens (tertiary/aromatic N) is 2. The molecule has 1 fully saturated rings. The van der Waals surface area contributed by atoms with Gasteiger partial charge in [0.1, 0.15) is 5.69 Å². The van der Waals surface area contributed by atoms with Gasteiger partial charge in [-0.15, -0.1) is 0 Å². The van der Waals surface area contributed by atoms with Crippen molar-refractivity contribution in [1.82, 2.24) is 0 Å². The van der Waals surface area contributed by atoms with E-state index in [9.17, 15) is 23.3 Å². The number of hydrogen-bond donors (Lipinski definition) is 0. The van der Waals surface area contributed by atoms with Crippen molar-refractivity contribution < 1.29 is 18.1 Å². The number of anilines is 1. The molecule has 0 spiro atoms. The molecule has 110 valence electrons. The molecule has 1 aliphatic rings. The van der Waals surface area contributed by atoms with Crippen LogP contribution in [0.5, 0.6) is 0 Å². The maximum Gasteiger partial charge on any atom is 0.391 e. The predicted octanol–water partition coefficient (Wildman–Crippen LogP) is 4.14. The largest absolute Gasteiger partial charge is 0.391 e. The van der Waals surface area contributed by atoms with E-state index in [0.717, 1.165) is 0 Å². The molecule has 0 unspecified atom stereocenters. The van der Waals surface area contributed by atoms with Crippen LogP contribution in [0.15, 0.2) is 22.7 Å². The van der Waals surface area contributed by atoms with E-state index in [0.29, 0.717) is 10.2 Å². The van der Waals surface area contributed by atoms with E-state index in [4.69, 9.17) is 0 Å². The third kappa shape index (κ3) is 3.23. The zero-order chi connectivity index (χ0) is 14.9. The first-order valence-electron chi connectivity index (χ1n) is 6.04. The molecular formula is C12H12BrF3N2O2. The number of benzene rings is 1. The zero-order valence-corrected chi connectivity index (χ0v) is 11.9. The lowest BCUT2D eigenvalue weighted by molar-refractivity contribution is -0.384. The topological polar surface area (TPSA) is 46.4 Å². The molecule has 0 atom stereocenters. The average Bonchev–Trinajstić information content (AvgIpc) is 2.37. The van der Waals surface area contributed by atoms with E-state index in [-0.39, 0.29) is 31.6 Å². The van der Waals surface area contributed by atoms with Crippen molar-refractivity contribution in [2.45, 2.75) is 19.0 Å². The van der Waals surface area contributed by atoms with Crippen molar-refractivity contribution in [2.75, 3.05) is 18.0 Å². The molecule has 0 N–H and O–H groups in total. The van der Waals surface area contributed by atoms with Crippen molar-refractivity contribution >= 4 is 27.3 Å². The predicted molar refractivity (Wildman–Crippen MR) is 71.8 cm³/mol. The number of halogens is 4. The summed E-state index contributed by atoms with van der Waals surface area (Å²) in [6.45, 7) is 0.347. The fourth-order valence-corrected chi connectivity index (χ4v) is 2.71. The van der Waals surface area contributed by atoms with Crippen LogP contribution in [0, 0.1) is 16.0 Å². The molecule has 1 saturated heterocycles. The minimum absolute atomic E-state index is 0.0310. The maximum absolute atomic E-state index is 12.6. The summed E-state index contributed by atoms with van der Waals surface area (Å²) >= 11 is 3.15. The van der Waals surface area contributed by atoms with Crippen LogP contribution in [0.4, 0.5) is 24.5 Å². The van der Waals surface area contributed by atoms with Gasteiger partial charge in [0.2, 0.25) is 0 Å². The van der Waals surface area contributed by atoms with Crippen LogP contribution in [0.25, 0.3) is 0 Å². The molecule has 4 nitrogen and oxygen atoms in total. The Morgan fingerprint density at radius 3 is 2.40 bits per heavy atom. The first-order valence-corrected chi connectivity index (χ1v) is 6.84. The van der Waals surface area contributed by atoms with Crippen molar-refractivity contribution in [3.63, 3.8) is 0 Å². The van der Waals surface area contributed by atoms with Crippen LogP contribution in [0.1, 0.15) is 12.8 Å². The van der Waals surface area contributed by atoms with Crippen LogP contribution >= 0.6 is 15.9 Å². The van der Waals surface area contributed by atoms with Crippen LogP contribution in [-0.2, 0) is 0 Å². The molecule has 1 aromatic carbocycles. The summed E-state index contributed by atoms with van der Waals surface area (Å²) in [6, 6.07) is 4.58. The molecule has 0 bridgehead atoms. The van der Waals surface area contributed by atoms with Gasteiger partial charge >= 0.3 is 6.18 Å². The summed E-state index contributed by atoms with van der Waals surface area (Å²) in [6.07, 6.45) is -4.24. The van der Waals surface area contributed by atoms with Crippen molar-refractivity contribution in [3.8, 4) is 0 Å². The van der Waals surface area contributed by atoms with E-state index in [1.54, 1.807) is 17.0 Å². The fraction of sp³-hybridized carbons (Fsp3) is 0.500. The molecule has 0 radical (unpaired) electrons. The summed E-state index contributed by atoms with van der Waals surface area (Å²) in [7, 11) is 0. The summed E-state index contributed by atoms with van der Waals surface area (Å²) in [4.78, 5) is 12.1. The molecular weight excluding hydrogens is 341 g/mol. The maximum atomic E-state index is 12.6. The lowest BCUT2D eigenvalue weighted by atomic mass is 9.96. The van der Waals surface area contributed by atoms with E-state index in [1.807, 2.05) is 0 Å². The third-order valence-electron chi connectivity index (χ3n) is 3.43. The number of nitro benzene ring substituents is 1. The van der Waals surface area contributed by atoms with E-state index in [1.165, 1.54) is 6.07 Å². The van der Waals surface area contributed by atoms with Gasteiger partial charge in [-0.25, -0.2) is 0 Å². The standard InChI is InChI=1S/C12H12BrF3N2O2/c13-9-1-2-10(11(7-9)18(19)20)17-5-3-8(4-6-17)12(14,15)16/h1-2,7-8H,3-6H2. The van der Waals surface area contributed by atoms with Gasteiger partial charge in [-0.2, -0.15) is 13.2 Å². The van der Waals surface area contributed by atoms with Gasteiger partial charge in [0.15, 0.2) is 0 Å². The lowest BCUT2D eigenvalue weighted by Crippen LogP contribution is -2.39. The van der Waals surface area contributed by atoms with Gasteiger partial charge in [-0.1, -0.05) is 15.9 Å². The third-order valence-corrected chi connectivity index (χ3v) is 3.93. The number of hydrogen-bond acceptors (Lipinski definition) is 3. The molecule has 1 aliphatic heterocycles. The Morgan fingerprint density at radius 1 is 1.30 bits per heavy atom. The van der Waals surface area contributed by atoms with Gasteiger partial charge in [0.05, 0.1) is 10.8 Å². The molecule has 8 heteroatoms. The Bertz CT molecular complexity index is 514. The Hall–Kier alpha value is -1.31. The van der Waals surface area contributed by atoms with Crippen molar-refractivity contribution in [2.24, 2.45) is 5.92 Å². The summed E-state index contributed by atoms with van der Waals surface area (Å²) in [5.41, 5.74) is 0.281. The number of piperidine rings is 1. The van der Waals surface area contributed by atoms with Gasteiger partial charge < -0.3 is 4.90 Å². The van der Waals surface area contributed by atoms with Crippen molar-refractivity contribution in [3.05, 3.63) is 32.8 Å². The second-order valence-corrected chi connectivity index (χ2v) is 5.61. The minimum atomic E-state index is -4.18. The highest BCUT2D eigenvalue weighted by molar-refractivity contribution is 9.10. The fourth-order valence-electron chi connectivity index (χ4n) is 2.36. The minimum Gasteiger partial charge on any atom is -0.366 e. The molecule has 1 heterocycles. The normalized spacial score (nSPS) is 17.3. The number of nitro groups is 1. The first kappa shape index (κ1) is 15.1. The zero-order valence-electron chi connectivity index (χ0n) is 10.4. The quantitative estimate of drug-likeness (QED) is 0.593. The second-order valence-electron chi connectivity index (χ2n) is 4.69. The first-order chi connectivity index (χ1) is 9.29. The Labute approximate surface area is 121 Å². The van der Waals surface area contributed by atoms with Gasteiger partial charge in [-0.3, -0.25) is 10.1 Å². The summed E-state index contributed by atoms with van der Waals surface area (Å²) in [5.74, 6) is -1.31. The molecule has 1 aromatic rings. The van der Waals surface area contributed by atoms with Crippen LogP contribution in [0.2, 0.25) is 0 Å². The molecule has 2 rings (SSSR count). The highest BCUT2D eigenvalue weighted by Gasteiger charge is 2.41.